The average Bonchev–Trinajstić information content (AvgIpc) is 2.60. The number of ether oxygens (including phenoxy) is 2. The van der Waals surface area contributed by atoms with E-state index in [1.807, 2.05) is 19.9 Å². The number of benzene rings is 2. The van der Waals surface area contributed by atoms with Crippen molar-refractivity contribution in [2.24, 2.45) is 5.10 Å². The van der Waals surface area contributed by atoms with Gasteiger partial charge in [-0.2, -0.15) is 5.10 Å². The van der Waals surface area contributed by atoms with Gasteiger partial charge in [-0.3, -0.25) is 14.9 Å². The number of amides is 1. The molecule has 0 bridgehead atoms. The van der Waals surface area contributed by atoms with Crippen molar-refractivity contribution in [3.05, 3.63) is 57.1 Å². The first-order chi connectivity index (χ1) is 12.8. The third kappa shape index (κ3) is 5.43. The minimum absolute atomic E-state index is 0.0246. The molecular formula is C18H19N3O6. The first-order valence-electron chi connectivity index (χ1n) is 7.88. The van der Waals surface area contributed by atoms with Gasteiger partial charge in [0.15, 0.2) is 18.1 Å². The number of phenolic OH excluding ortho intramolecular Hbond substituents is 1. The number of methoxy groups -OCH3 is 1. The van der Waals surface area contributed by atoms with Gasteiger partial charge in [0, 0.05) is 11.6 Å². The normalized spacial score (nSPS) is 10.6. The Morgan fingerprint density at radius 3 is 2.52 bits per heavy atom. The van der Waals surface area contributed by atoms with E-state index < -0.39 is 10.8 Å². The summed E-state index contributed by atoms with van der Waals surface area (Å²) in [5, 5.41) is 24.6. The van der Waals surface area contributed by atoms with E-state index in [4.69, 9.17) is 9.47 Å². The van der Waals surface area contributed by atoms with Gasteiger partial charge in [-0.1, -0.05) is 6.07 Å². The number of rotatable bonds is 7. The van der Waals surface area contributed by atoms with Crippen molar-refractivity contribution in [3.8, 4) is 17.2 Å². The van der Waals surface area contributed by atoms with Crippen LogP contribution in [0.2, 0.25) is 0 Å². The summed E-state index contributed by atoms with van der Waals surface area (Å²) in [5.41, 5.74) is 4.00. The van der Waals surface area contributed by atoms with Gasteiger partial charge in [0.2, 0.25) is 0 Å². The Kier molecular flexibility index (Phi) is 6.32. The molecule has 0 atom stereocenters. The van der Waals surface area contributed by atoms with Crippen LogP contribution in [-0.2, 0) is 4.79 Å². The van der Waals surface area contributed by atoms with Crippen molar-refractivity contribution >= 4 is 17.8 Å². The highest BCUT2D eigenvalue weighted by Gasteiger charge is 2.15. The molecule has 0 saturated heterocycles. The first kappa shape index (κ1) is 19.7. The quantitative estimate of drug-likeness (QED) is 0.436. The molecule has 0 fully saturated rings. The molecule has 27 heavy (non-hydrogen) atoms. The molecule has 0 aliphatic heterocycles. The number of nitrogens with one attached hydrogen (secondary N) is 1. The van der Waals surface area contributed by atoms with Crippen LogP contribution >= 0.6 is 0 Å². The van der Waals surface area contributed by atoms with Crippen LogP contribution in [0, 0.1) is 24.0 Å². The van der Waals surface area contributed by atoms with Crippen molar-refractivity contribution in [2.75, 3.05) is 13.7 Å². The van der Waals surface area contributed by atoms with E-state index in [9.17, 15) is 20.0 Å². The van der Waals surface area contributed by atoms with Gasteiger partial charge in [-0.05, 0) is 37.1 Å². The second-order valence-corrected chi connectivity index (χ2v) is 5.75. The van der Waals surface area contributed by atoms with Crippen LogP contribution in [0.15, 0.2) is 35.4 Å². The minimum Gasteiger partial charge on any atom is -0.504 e. The standard InChI is InChI=1S/C18H19N3O6/c1-11-4-12(2)6-15(5-11)27-10-17(22)20-19-9-13-7-14(21(24)25)8-16(26-3)18(13)23/h4-9,23H,10H2,1-3H3,(H,20,22)/b19-9-. The molecule has 9 nitrogen and oxygen atoms in total. The number of nitro groups is 1. The van der Waals surface area contributed by atoms with Crippen molar-refractivity contribution in [2.45, 2.75) is 13.8 Å². The monoisotopic (exact) mass is 373 g/mol. The summed E-state index contributed by atoms with van der Waals surface area (Å²) in [7, 11) is 1.27. The smallest absolute Gasteiger partial charge is 0.277 e. The Hall–Kier alpha value is -3.62. The fraction of sp³-hybridized carbons (Fsp3) is 0.222. The highest BCUT2D eigenvalue weighted by molar-refractivity contribution is 5.87. The predicted molar refractivity (Wildman–Crippen MR) is 98.5 cm³/mol. The summed E-state index contributed by atoms with van der Waals surface area (Å²) in [6.07, 6.45) is 1.08. The Bertz CT molecular complexity index is 875. The summed E-state index contributed by atoms with van der Waals surface area (Å²) in [6, 6.07) is 7.79. The highest BCUT2D eigenvalue weighted by Crippen LogP contribution is 2.33. The fourth-order valence-corrected chi connectivity index (χ4v) is 2.34. The second-order valence-electron chi connectivity index (χ2n) is 5.75. The number of aromatic hydroxyl groups is 1. The maximum Gasteiger partial charge on any atom is 0.277 e. The Morgan fingerprint density at radius 2 is 1.93 bits per heavy atom. The summed E-state index contributed by atoms with van der Waals surface area (Å²) in [6.45, 7) is 3.58. The molecule has 2 aromatic rings. The van der Waals surface area contributed by atoms with Crippen molar-refractivity contribution in [1.82, 2.24) is 5.43 Å². The molecule has 2 N–H and O–H groups in total. The Labute approximate surface area is 155 Å². The number of phenols is 1. The summed E-state index contributed by atoms with van der Waals surface area (Å²) in [5.74, 6) is -0.363. The lowest BCUT2D eigenvalue weighted by molar-refractivity contribution is -0.385. The molecule has 0 radical (unpaired) electrons. The molecule has 0 heterocycles. The number of non-ortho nitro benzene ring substituents is 1. The van der Waals surface area contributed by atoms with Crippen molar-refractivity contribution in [3.63, 3.8) is 0 Å². The SMILES string of the molecule is COc1cc([N+](=O)[O-])cc(/C=N\NC(=O)COc2cc(C)cc(C)c2)c1O. The van der Waals surface area contributed by atoms with E-state index in [1.165, 1.54) is 7.11 Å². The number of nitrogens with zero attached hydrogens (tertiary/aromatic N) is 2. The molecule has 0 saturated carbocycles. The van der Waals surface area contributed by atoms with E-state index >= 15 is 0 Å². The molecule has 1 amide bonds. The minimum atomic E-state index is -0.629. The zero-order chi connectivity index (χ0) is 20.0. The van der Waals surface area contributed by atoms with E-state index in [-0.39, 0.29) is 29.4 Å². The van der Waals surface area contributed by atoms with Gasteiger partial charge < -0.3 is 14.6 Å². The molecule has 0 unspecified atom stereocenters. The number of carbonyl (C=O) groups excluding carboxylic acids is 1. The molecule has 0 aromatic heterocycles. The van der Waals surface area contributed by atoms with Crippen LogP contribution < -0.4 is 14.9 Å². The van der Waals surface area contributed by atoms with Gasteiger partial charge in [0.25, 0.3) is 11.6 Å². The van der Waals surface area contributed by atoms with Gasteiger partial charge in [0.05, 0.1) is 24.3 Å². The Balaban J connectivity index is 2.01. The van der Waals surface area contributed by atoms with Crippen LogP contribution in [-0.4, -0.2) is 35.9 Å². The zero-order valence-corrected chi connectivity index (χ0v) is 15.1. The number of aryl methyl sites for hydroxylation is 2. The molecule has 9 heteroatoms. The third-order valence-electron chi connectivity index (χ3n) is 3.48. The molecule has 0 aliphatic rings. The van der Waals surface area contributed by atoms with Crippen LogP contribution in [0.3, 0.4) is 0 Å². The Morgan fingerprint density at radius 1 is 1.26 bits per heavy atom. The number of hydrazone groups is 1. The topological polar surface area (TPSA) is 123 Å². The summed E-state index contributed by atoms with van der Waals surface area (Å²) >= 11 is 0. The van der Waals surface area contributed by atoms with E-state index in [0.717, 1.165) is 29.5 Å². The molecule has 142 valence electrons. The second kappa shape index (κ2) is 8.65. The molecule has 2 rings (SSSR count). The van der Waals surface area contributed by atoms with Gasteiger partial charge in [0.1, 0.15) is 5.75 Å². The van der Waals surface area contributed by atoms with Crippen LogP contribution in [0.4, 0.5) is 5.69 Å². The summed E-state index contributed by atoms with van der Waals surface area (Å²) in [4.78, 5) is 22.1. The van der Waals surface area contributed by atoms with E-state index in [0.29, 0.717) is 5.75 Å². The largest absolute Gasteiger partial charge is 0.504 e. The predicted octanol–water partition coefficient (Wildman–Crippen LogP) is 2.45. The number of carbonyl (C=O) groups is 1. The lowest BCUT2D eigenvalue weighted by Crippen LogP contribution is -2.24. The van der Waals surface area contributed by atoms with Crippen molar-refractivity contribution in [1.29, 1.82) is 0 Å². The van der Waals surface area contributed by atoms with Gasteiger partial charge in [-0.15, -0.1) is 0 Å². The molecule has 2 aromatic carbocycles. The van der Waals surface area contributed by atoms with E-state index in [1.54, 1.807) is 12.1 Å². The van der Waals surface area contributed by atoms with Gasteiger partial charge >= 0.3 is 0 Å². The van der Waals surface area contributed by atoms with Crippen molar-refractivity contribution < 1.29 is 24.3 Å². The van der Waals surface area contributed by atoms with Crippen LogP contribution in [0.1, 0.15) is 16.7 Å². The molecule has 0 aliphatic carbocycles. The number of hydrogen-bond donors (Lipinski definition) is 2. The average molecular weight is 373 g/mol. The lowest BCUT2D eigenvalue weighted by Gasteiger charge is -2.07. The first-order valence-corrected chi connectivity index (χ1v) is 7.88. The molecular weight excluding hydrogens is 354 g/mol. The number of nitro benzene ring substituents is 1. The maximum atomic E-state index is 11.8. The number of hydrogen-bond acceptors (Lipinski definition) is 7. The van der Waals surface area contributed by atoms with Gasteiger partial charge in [-0.25, -0.2) is 5.43 Å². The van der Waals surface area contributed by atoms with Crippen LogP contribution in [0.5, 0.6) is 17.2 Å². The van der Waals surface area contributed by atoms with E-state index in [2.05, 4.69) is 10.5 Å². The fourth-order valence-electron chi connectivity index (χ4n) is 2.34. The maximum absolute atomic E-state index is 11.8. The third-order valence-corrected chi connectivity index (χ3v) is 3.48. The summed E-state index contributed by atoms with van der Waals surface area (Å²) < 4.78 is 10.3. The molecule has 0 spiro atoms. The zero-order valence-electron chi connectivity index (χ0n) is 15.1. The highest BCUT2D eigenvalue weighted by atomic mass is 16.6. The lowest BCUT2D eigenvalue weighted by atomic mass is 10.1. The van der Waals surface area contributed by atoms with Crippen LogP contribution in [0.25, 0.3) is 0 Å².